The molecule has 0 saturated heterocycles. The lowest BCUT2D eigenvalue weighted by molar-refractivity contribution is -0.137. The molecule has 1 heterocycles. The van der Waals surface area contributed by atoms with Crippen LogP contribution in [0.2, 0.25) is 0 Å². The molecule has 0 unspecified atom stereocenters. The fourth-order valence-corrected chi connectivity index (χ4v) is 3.64. The largest absolute Gasteiger partial charge is 0.493 e. The maximum atomic E-state index is 13.4. The lowest BCUT2D eigenvalue weighted by Gasteiger charge is -2.21. The van der Waals surface area contributed by atoms with Gasteiger partial charge in [-0.1, -0.05) is 44.2 Å². The molecule has 2 aromatic carbocycles. The summed E-state index contributed by atoms with van der Waals surface area (Å²) in [6, 6.07) is 17.0. The van der Waals surface area contributed by atoms with E-state index in [1.165, 1.54) is 4.90 Å². The Balaban J connectivity index is 1.91. The van der Waals surface area contributed by atoms with Crippen molar-refractivity contribution in [3.05, 3.63) is 65.9 Å². The normalized spacial score (nSPS) is 14.1. The van der Waals surface area contributed by atoms with Crippen LogP contribution >= 0.6 is 0 Å². The number of nitrogens with zero attached hydrogens (tertiary/aromatic N) is 2. The molecule has 0 bridgehead atoms. The van der Waals surface area contributed by atoms with Crippen molar-refractivity contribution in [1.29, 1.82) is 0 Å². The molecule has 6 heteroatoms. The molecule has 0 fully saturated rings. The smallest absolute Gasteiger partial charge is 0.278 e. The third kappa shape index (κ3) is 6.02. The Kier molecular flexibility index (Phi) is 8.28. The van der Waals surface area contributed by atoms with Gasteiger partial charge in [0.25, 0.3) is 11.8 Å². The molecule has 176 valence electrons. The van der Waals surface area contributed by atoms with E-state index in [4.69, 9.17) is 9.47 Å². The summed E-state index contributed by atoms with van der Waals surface area (Å²) < 4.78 is 11.4. The summed E-state index contributed by atoms with van der Waals surface area (Å²) in [4.78, 5) is 30.0. The summed E-state index contributed by atoms with van der Waals surface area (Å²) in [5, 5.41) is 0. The van der Waals surface area contributed by atoms with Gasteiger partial charge in [0.1, 0.15) is 11.4 Å². The highest BCUT2D eigenvalue weighted by Crippen LogP contribution is 2.34. The highest BCUT2D eigenvalue weighted by Gasteiger charge is 2.40. The zero-order chi connectivity index (χ0) is 24.0. The van der Waals surface area contributed by atoms with Gasteiger partial charge in [0.2, 0.25) is 0 Å². The number of para-hydroxylation sites is 1. The van der Waals surface area contributed by atoms with Crippen molar-refractivity contribution < 1.29 is 19.1 Å². The SMILES string of the molecule is CC(C)COc1ccc(C2=C(N(C)c3ccccc3)C(=O)N(CCCOC(C)C)C2=O)cc1. The zero-order valence-electron chi connectivity index (χ0n) is 20.2. The molecule has 2 amide bonds. The van der Waals surface area contributed by atoms with Crippen molar-refractivity contribution in [2.24, 2.45) is 5.92 Å². The average Bonchev–Trinajstić information content (AvgIpc) is 3.05. The van der Waals surface area contributed by atoms with Gasteiger partial charge in [0, 0.05) is 25.9 Å². The number of anilines is 1. The molecule has 2 aromatic rings. The number of rotatable bonds is 11. The first-order valence-electron chi connectivity index (χ1n) is 11.5. The van der Waals surface area contributed by atoms with Crippen LogP contribution in [0, 0.1) is 5.92 Å². The molecule has 0 aromatic heterocycles. The molecule has 0 spiro atoms. The van der Waals surface area contributed by atoms with E-state index in [0.717, 1.165) is 11.4 Å². The van der Waals surface area contributed by atoms with Crippen LogP contribution in [0.3, 0.4) is 0 Å². The van der Waals surface area contributed by atoms with Crippen molar-refractivity contribution in [1.82, 2.24) is 4.90 Å². The standard InChI is InChI=1S/C27H34N2O4/c1-19(2)18-33-23-14-12-21(13-15-23)24-25(28(5)22-10-7-6-8-11-22)27(31)29(26(24)30)16-9-17-32-20(3)4/h6-8,10-15,19-20H,9,16-18H2,1-5H3. The molecule has 6 nitrogen and oxygen atoms in total. The first-order valence-corrected chi connectivity index (χ1v) is 11.5. The minimum absolute atomic E-state index is 0.111. The highest BCUT2D eigenvalue weighted by atomic mass is 16.5. The number of hydrogen-bond acceptors (Lipinski definition) is 5. The van der Waals surface area contributed by atoms with Gasteiger partial charge in [-0.15, -0.1) is 0 Å². The van der Waals surface area contributed by atoms with Crippen LogP contribution in [0.4, 0.5) is 5.69 Å². The van der Waals surface area contributed by atoms with Crippen LogP contribution in [0.5, 0.6) is 5.75 Å². The van der Waals surface area contributed by atoms with Gasteiger partial charge in [-0.2, -0.15) is 0 Å². The van der Waals surface area contributed by atoms with Gasteiger partial charge >= 0.3 is 0 Å². The Morgan fingerprint density at radius 3 is 2.18 bits per heavy atom. The number of amides is 2. The molecule has 0 atom stereocenters. The third-order valence-corrected chi connectivity index (χ3v) is 5.33. The first-order chi connectivity index (χ1) is 15.8. The lowest BCUT2D eigenvalue weighted by Crippen LogP contribution is -2.35. The number of imide groups is 1. The number of benzene rings is 2. The van der Waals surface area contributed by atoms with Crippen LogP contribution in [0.1, 0.15) is 39.7 Å². The molecule has 3 rings (SSSR count). The minimum Gasteiger partial charge on any atom is -0.493 e. The summed E-state index contributed by atoms with van der Waals surface area (Å²) >= 11 is 0. The van der Waals surface area contributed by atoms with Gasteiger partial charge in [-0.25, -0.2) is 0 Å². The zero-order valence-corrected chi connectivity index (χ0v) is 20.2. The molecular formula is C27H34N2O4. The Labute approximate surface area is 196 Å². The van der Waals surface area contributed by atoms with Crippen molar-refractivity contribution in [2.75, 3.05) is 31.7 Å². The van der Waals surface area contributed by atoms with Crippen molar-refractivity contribution in [2.45, 2.75) is 40.2 Å². The van der Waals surface area contributed by atoms with E-state index in [1.807, 2.05) is 75.5 Å². The average molecular weight is 451 g/mol. The number of carbonyl (C=O) groups excluding carboxylic acids is 2. The van der Waals surface area contributed by atoms with E-state index in [-0.39, 0.29) is 17.9 Å². The molecule has 1 aliphatic heterocycles. The molecular weight excluding hydrogens is 416 g/mol. The van der Waals surface area contributed by atoms with E-state index in [2.05, 4.69) is 13.8 Å². The summed E-state index contributed by atoms with van der Waals surface area (Å²) in [6.07, 6.45) is 0.702. The van der Waals surface area contributed by atoms with Crippen molar-refractivity contribution in [3.63, 3.8) is 0 Å². The number of hydrogen-bond donors (Lipinski definition) is 0. The van der Waals surface area contributed by atoms with Crippen LogP contribution in [-0.4, -0.2) is 49.6 Å². The molecule has 0 radical (unpaired) electrons. The van der Waals surface area contributed by atoms with E-state index in [0.29, 0.717) is 48.9 Å². The summed E-state index contributed by atoms with van der Waals surface area (Å²) in [5.74, 6) is 0.593. The van der Waals surface area contributed by atoms with Gasteiger partial charge in [-0.05, 0) is 56.0 Å². The molecule has 1 aliphatic rings. The van der Waals surface area contributed by atoms with Crippen molar-refractivity contribution >= 4 is 23.1 Å². The third-order valence-electron chi connectivity index (χ3n) is 5.33. The molecule has 33 heavy (non-hydrogen) atoms. The number of carbonyl (C=O) groups is 2. The number of ether oxygens (including phenoxy) is 2. The predicted octanol–water partition coefficient (Wildman–Crippen LogP) is 4.75. The monoisotopic (exact) mass is 450 g/mol. The fourth-order valence-electron chi connectivity index (χ4n) is 3.64. The highest BCUT2D eigenvalue weighted by molar-refractivity contribution is 6.36. The second-order valence-corrected chi connectivity index (χ2v) is 8.88. The summed E-state index contributed by atoms with van der Waals surface area (Å²) in [7, 11) is 1.82. The first kappa shape index (κ1) is 24.5. The van der Waals surface area contributed by atoms with E-state index in [9.17, 15) is 9.59 Å². The van der Waals surface area contributed by atoms with E-state index < -0.39 is 0 Å². The van der Waals surface area contributed by atoms with Crippen molar-refractivity contribution in [3.8, 4) is 5.75 Å². The lowest BCUT2D eigenvalue weighted by atomic mass is 10.0. The Morgan fingerprint density at radius 1 is 0.909 bits per heavy atom. The summed E-state index contributed by atoms with van der Waals surface area (Å²) in [6.45, 7) is 9.54. The van der Waals surface area contributed by atoms with Gasteiger partial charge < -0.3 is 14.4 Å². The predicted molar refractivity (Wildman–Crippen MR) is 131 cm³/mol. The second kappa shape index (κ2) is 11.1. The van der Waals surface area contributed by atoms with Crippen LogP contribution < -0.4 is 9.64 Å². The molecule has 0 saturated carbocycles. The maximum absolute atomic E-state index is 13.4. The van der Waals surface area contributed by atoms with E-state index >= 15 is 0 Å². The van der Waals surface area contributed by atoms with Crippen LogP contribution in [0.25, 0.3) is 5.57 Å². The van der Waals surface area contributed by atoms with Gasteiger partial charge in [0.15, 0.2) is 0 Å². The van der Waals surface area contributed by atoms with Crippen LogP contribution in [-0.2, 0) is 14.3 Å². The fraction of sp³-hybridized carbons (Fsp3) is 0.407. The Morgan fingerprint density at radius 2 is 1.58 bits per heavy atom. The quantitative estimate of drug-likeness (QED) is 0.365. The molecule has 0 N–H and O–H groups in total. The summed E-state index contributed by atoms with van der Waals surface area (Å²) in [5.41, 5.74) is 2.33. The topological polar surface area (TPSA) is 59.1 Å². The number of likely N-dealkylation sites (N-methyl/N-ethyl adjacent to an activating group) is 1. The minimum atomic E-state index is -0.286. The Bertz CT molecular complexity index is 981. The second-order valence-electron chi connectivity index (χ2n) is 8.88. The molecule has 0 aliphatic carbocycles. The Hall–Kier alpha value is -3.12. The van der Waals surface area contributed by atoms with Crippen LogP contribution in [0.15, 0.2) is 60.3 Å². The maximum Gasteiger partial charge on any atom is 0.278 e. The van der Waals surface area contributed by atoms with Gasteiger partial charge in [-0.3, -0.25) is 14.5 Å². The van der Waals surface area contributed by atoms with E-state index in [1.54, 1.807) is 4.90 Å². The van der Waals surface area contributed by atoms with Gasteiger partial charge in [0.05, 0.1) is 18.3 Å².